The topological polar surface area (TPSA) is 84.3 Å². The number of aliphatic hydroxyl groups is 1. The molecule has 1 saturated heterocycles. The summed E-state index contributed by atoms with van der Waals surface area (Å²) >= 11 is 0. The van der Waals surface area contributed by atoms with Crippen LogP contribution in [0.5, 0.6) is 0 Å². The fourth-order valence-electron chi connectivity index (χ4n) is 2.56. The highest BCUT2D eigenvalue weighted by Gasteiger charge is 2.08. The monoisotopic (exact) mass is 455 g/mol. The third-order valence-corrected chi connectivity index (χ3v) is 4.12. The Bertz CT molecular complexity index is 890. The van der Waals surface area contributed by atoms with Crippen LogP contribution in [0.4, 0.5) is 10.1 Å². The summed E-state index contributed by atoms with van der Waals surface area (Å²) in [4.78, 5) is 18.3. The van der Waals surface area contributed by atoms with Gasteiger partial charge in [0.15, 0.2) is 6.29 Å². The third-order valence-electron chi connectivity index (χ3n) is 4.12. The third kappa shape index (κ3) is 11.9. The zero-order chi connectivity index (χ0) is 24.3. The summed E-state index contributed by atoms with van der Waals surface area (Å²) < 4.78 is 18.3. The Morgan fingerprint density at radius 2 is 1.88 bits per heavy atom. The minimum atomic E-state index is -0.424. The highest BCUT2D eigenvalue weighted by atomic mass is 19.1. The van der Waals surface area contributed by atoms with Crippen molar-refractivity contribution in [3.63, 3.8) is 0 Å². The maximum Gasteiger partial charge on any atom is 0.168 e. The number of aliphatic hydroxyl groups excluding tert-OH is 1. The van der Waals surface area contributed by atoms with Crippen LogP contribution in [0.3, 0.4) is 0 Å². The first-order valence-corrected chi connectivity index (χ1v) is 11.1. The fraction of sp³-hybridized carbons (Fsp3) is 0.346. The van der Waals surface area contributed by atoms with E-state index in [0.29, 0.717) is 18.5 Å². The number of hydrogen-bond donors (Lipinski definition) is 2. The number of anilines is 1. The van der Waals surface area contributed by atoms with E-state index in [1.165, 1.54) is 18.6 Å². The Kier molecular flexibility index (Phi) is 14.7. The zero-order valence-corrected chi connectivity index (χ0v) is 19.6. The van der Waals surface area contributed by atoms with Gasteiger partial charge in [-0.25, -0.2) is 9.37 Å². The van der Waals surface area contributed by atoms with Crippen LogP contribution in [0.2, 0.25) is 0 Å². The van der Waals surface area contributed by atoms with Crippen LogP contribution in [0.15, 0.2) is 67.0 Å². The van der Waals surface area contributed by atoms with Crippen molar-refractivity contribution in [2.24, 2.45) is 0 Å². The molecule has 33 heavy (non-hydrogen) atoms. The molecule has 1 unspecified atom stereocenters. The molecule has 0 bridgehead atoms. The molecule has 3 aromatic rings. The molecular weight excluding hydrogens is 421 g/mol. The van der Waals surface area contributed by atoms with Crippen LogP contribution in [0.1, 0.15) is 43.6 Å². The maximum absolute atomic E-state index is 13.4. The van der Waals surface area contributed by atoms with E-state index < -0.39 is 5.82 Å². The molecule has 7 heteroatoms. The van der Waals surface area contributed by atoms with Gasteiger partial charge in [-0.3, -0.25) is 9.78 Å². The standard InChI is InChI=1S/C12H8FNO.C6H8N2.C5H10O2.C3H8/c13-11-7-6-10(8-15)14-12(11)9-4-2-1-3-5-9;1-7-6-3-2-4-8-5-6;6-5-2-1-3-7-4-5;1-3-2/h1-8H;2-5,7H,1H3;5-6H,1-4H2;3H2,1-2H3. The number of pyridine rings is 2. The van der Waals surface area contributed by atoms with Gasteiger partial charge in [-0.15, -0.1) is 0 Å². The normalized spacial score (nSPS) is 14.2. The first-order chi connectivity index (χ1) is 16.0. The van der Waals surface area contributed by atoms with E-state index >= 15 is 0 Å². The van der Waals surface area contributed by atoms with Crippen LogP contribution >= 0.6 is 0 Å². The van der Waals surface area contributed by atoms with Crippen molar-refractivity contribution >= 4 is 12.0 Å². The SMILES string of the molecule is CCC.CNc1cccnc1.O=Cc1ccc(F)c(-c2ccccc2)n1.OC1CCCOC1. The number of carbonyl (C=O) groups is 1. The zero-order valence-electron chi connectivity index (χ0n) is 19.6. The second kappa shape index (κ2) is 17.4. The Morgan fingerprint density at radius 1 is 1.15 bits per heavy atom. The van der Waals surface area contributed by atoms with Crippen LogP contribution in [0, 0.1) is 5.82 Å². The summed E-state index contributed by atoms with van der Waals surface area (Å²) in [7, 11) is 1.87. The predicted molar refractivity (Wildman–Crippen MR) is 131 cm³/mol. The first-order valence-electron chi connectivity index (χ1n) is 11.1. The molecule has 1 atom stereocenters. The molecule has 3 heterocycles. The van der Waals surface area contributed by atoms with Crippen molar-refractivity contribution in [1.29, 1.82) is 0 Å². The van der Waals surface area contributed by atoms with Crippen LogP contribution in [-0.2, 0) is 4.74 Å². The van der Waals surface area contributed by atoms with Crippen molar-refractivity contribution in [3.05, 3.63) is 78.5 Å². The van der Waals surface area contributed by atoms with Crippen molar-refractivity contribution in [2.75, 3.05) is 25.6 Å². The van der Waals surface area contributed by atoms with Gasteiger partial charge in [0.05, 0.1) is 18.4 Å². The van der Waals surface area contributed by atoms with E-state index in [4.69, 9.17) is 9.84 Å². The number of rotatable bonds is 3. The number of aromatic nitrogens is 2. The Balaban J connectivity index is 0.000000255. The van der Waals surface area contributed by atoms with Crippen LogP contribution in [-0.4, -0.2) is 47.7 Å². The summed E-state index contributed by atoms with van der Waals surface area (Å²) in [6.45, 7) is 5.62. The lowest BCUT2D eigenvalue weighted by Gasteiger charge is -2.15. The average Bonchev–Trinajstić information content (AvgIpc) is 2.87. The van der Waals surface area contributed by atoms with Crippen LogP contribution in [0.25, 0.3) is 11.3 Å². The molecule has 1 aliphatic heterocycles. The van der Waals surface area contributed by atoms with Gasteiger partial charge in [0.2, 0.25) is 0 Å². The van der Waals surface area contributed by atoms with Gasteiger partial charge in [-0.05, 0) is 37.1 Å². The van der Waals surface area contributed by atoms with E-state index in [2.05, 4.69) is 29.1 Å². The number of hydrogen-bond acceptors (Lipinski definition) is 6. The summed E-state index contributed by atoms with van der Waals surface area (Å²) in [5.74, 6) is -0.424. The van der Waals surface area contributed by atoms with Gasteiger partial charge < -0.3 is 15.2 Å². The van der Waals surface area contributed by atoms with Gasteiger partial charge in [-0.2, -0.15) is 0 Å². The van der Waals surface area contributed by atoms with E-state index in [0.717, 1.165) is 25.1 Å². The quantitative estimate of drug-likeness (QED) is 0.515. The summed E-state index contributed by atoms with van der Waals surface area (Å²) in [6, 6.07) is 15.4. The molecule has 2 aromatic heterocycles. The molecule has 1 aromatic carbocycles. The van der Waals surface area contributed by atoms with E-state index in [1.807, 2.05) is 25.2 Å². The lowest BCUT2D eigenvalue weighted by atomic mass is 10.1. The number of nitrogens with one attached hydrogen (secondary N) is 1. The average molecular weight is 456 g/mol. The van der Waals surface area contributed by atoms with Gasteiger partial charge >= 0.3 is 0 Å². The van der Waals surface area contributed by atoms with E-state index in [9.17, 15) is 9.18 Å². The second-order valence-electron chi connectivity index (χ2n) is 7.12. The molecule has 0 amide bonds. The molecule has 0 spiro atoms. The highest BCUT2D eigenvalue weighted by molar-refractivity contribution is 5.74. The van der Waals surface area contributed by atoms with Crippen molar-refractivity contribution < 1.29 is 19.0 Å². The smallest absolute Gasteiger partial charge is 0.168 e. The Labute approximate surface area is 195 Å². The maximum atomic E-state index is 13.4. The first kappa shape index (κ1) is 27.9. The molecule has 0 radical (unpaired) electrons. The summed E-state index contributed by atoms with van der Waals surface area (Å²) in [5.41, 5.74) is 2.15. The Hall–Kier alpha value is -3.16. The van der Waals surface area contributed by atoms with Gasteiger partial charge in [0.1, 0.15) is 17.2 Å². The number of nitrogens with zero attached hydrogens (tertiary/aromatic N) is 2. The highest BCUT2D eigenvalue weighted by Crippen LogP contribution is 2.19. The molecule has 2 N–H and O–H groups in total. The molecular formula is C26H34FN3O3. The molecule has 178 valence electrons. The predicted octanol–water partition coefficient (Wildman–Crippen LogP) is 5.40. The van der Waals surface area contributed by atoms with Gasteiger partial charge in [0, 0.05) is 31.6 Å². The summed E-state index contributed by atoms with van der Waals surface area (Å²) in [5, 5.41) is 11.7. The molecule has 0 saturated carbocycles. The van der Waals surface area contributed by atoms with E-state index in [1.54, 1.807) is 36.7 Å². The molecule has 1 aliphatic rings. The number of aldehydes is 1. The largest absolute Gasteiger partial charge is 0.391 e. The minimum absolute atomic E-state index is 0.186. The summed E-state index contributed by atoms with van der Waals surface area (Å²) in [6.07, 6.45) is 7.13. The van der Waals surface area contributed by atoms with Crippen LogP contribution < -0.4 is 5.32 Å². The number of ether oxygens (including phenoxy) is 1. The van der Waals surface area contributed by atoms with Gasteiger partial charge in [-0.1, -0.05) is 50.6 Å². The van der Waals surface area contributed by atoms with Crippen molar-refractivity contribution in [3.8, 4) is 11.3 Å². The Morgan fingerprint density at radius 3 is 2.33 bits per heavy atom. The second-order valence-corrected chi connectivity index (χ2v) is 7.12. The lowest BCUT2D eigenvalue weighted by molar-refractivity contribution is -0.00535. The molecule has 6 nitrogen and oxygen atoms in total. The number of halogens is 1. The molecule has 4 rings (SSSR count). The number of carbonyl (C=O) groups excluding carboxylic acids is 1. The van der Waals surface area contributed by atoms with Gasteiger partial charge in [0.25, 0.3) is 0 Å². The lowest BCUT2D eigenvalue weighted by Crippen LogP contribution is -2.21. The van der Waals surface area contributed by atoms with Crippen molar-refractivity contribution in [2.45, 2.75) is 39.2 Å². The van der Waals surface area contributed by atoms with E-state index in [-0.39, 0.29) is 17.5 Å². The molecule has 1 fully saturated rings. The minimum Gasteiger partial charge on any atom is -0.391 e. The fourth-order valence-corrected chi connectivity index (χ4v) is 2.56. The number of benzene rings is 1. The molecule has 0 aliphatic carbocycles. The van der Waals surface area contributed by atoms with Crippen molar-refractivity contribution in [1.82, 2.24) is 9.97 Å².